The Morgan fingerprint density at radius 1 is 1.25 bits per heavy atom. The quantitative estimate of drug-likeness (QED) is 0.734. The van der Waals surface area contributed by atoms with Crippen LogP contribution in [0.1, 0.15) is 74.1 Å². The van der Waals surface area contributed by atoms with Gasteiger partial charge in [0.05, 0.1) is 0 Å². The Bertz CT molecular complexity index is 276. The Balaban J connectivity index is 0.00000400. The maximum absolute atomic E-state index is 11.1. The highest BCUT2D eigenvalue weighted by Crippen LogP contribution is 2.21. The first-order valence-corrected chi connectivity index (χ1v) is 8.54. The van der Waals surface area contributed by atoms with Crippen LogP contribution in [-0.2, 0) is 4.79 Å². The molecule has 1 aliphatic rings. The van der Waals surface area contributed by atoms with E-state index in [-0.39, 0.29) is 7.33 Å². The minimum atomic E-state index is 0. The van der Waals surface area contributed by atoms with Gasteiger partial charge in [-0.3, -0.25) is 4.79 Å². The first-order valence-electron chi connectivity index (χ1n) is 8.54. The summed E-state index contributed by atoms with van der Waals surface area (Å²) in [6, 6.07) is 1.17. The molecule has 0 saturated carbocycles. The molecule has 1 unspecified atom stereocenters. The van der Waals surface area contributed by atoms with Gasteiger partial charge in [-0.25, -0.2) is 0 Å². The number of nitrogens with zero attached hydrogens (tertiary/aromatic N) is 1. The maximum atomic E-state index is 11.1. The lowest BCUT2D eigenvalue weighted by molar-refractivity contribution is -0.120. The third-order valence-electron chi connectivity index (χ3n) is 4.39. The molecule has 0 radical (unpaired) electrons. The van der Waals surface area contributed by atoms with Crippen LogP contribution in [0.25, 0.3) is 0 Å². The molecular weight excluding hydrogens is 248 g/mol. The van der Waals surface area contributed by atoms with Crippen LogP contribution < -0.4 is 5.32 Å². The first kappa shape index (κ1) is 17.5. The summed E-state index contributed by atoms with van der Waals surface area (Å²) in [4.78, 5) is 13.8. The summed E-state index contributed by atoms with van der Waals surface area (Å²) in [5.74, 6) is 0.938. The second-order valence-electron chi connectivity index (χ2n) is 6.78. The Morgan fingerprint density at radius 2 is 1.90 bits per heavy atom. The highest BCUT2D eigenvalue weighted by Gasteiger charge is 2.24. The molecule has 3 nitrogen and oxygen atoms in total. The SMILES string of the molecule is CCCC(CCCC(C)C)N1CCC(NC(C)=O)CC1.[HH]. The zero-order chi connectivity index (χ0) is 15.0. The third-order valence-corrected chi connectivity index (χ3v) is 4.39. The van der Waals surface area contributed by atoms with Gasteiger partial charge in [0.2, 0.25) is 5.91 Å². The van der Waals surface area contributed by atoms with Crippen molar-refractivity contribution < 1.29 is 6.22 Å². The van der Waals surface area contributed by atoms with Crippen LogP contribution in [0.4, 0.5) is 0 Å². The number of piperidine rings is 1. The van der Waals surface area contributed by atoms with E-state index in [9.17, 15) is 4.79 Å². The largest absolute Gasteiger partial charge is 0.354 e. The summed E-state index contributed by atoms with van der Waals surface area (Å²) in [5.41, 5.74) is 0. The Labute approximate surface area is 127 Å². The van der Waals surface area contributed by atoms with Crippen molar-refractivity contribution in [2.75, 3.05) is 13.1 Å². The summed E-state index contributed by atoms with van der Waals surface area (Å²) in [5, 5.41) is 3.07. The molecule has 0 aromatic carbocycles. The molecule has 1 heterocycles. The van der Waals surface area contributed by atoms with Gasteiger partial charge in [0.25, 0.3) is 0 Å². The van der Waals surface area contributed by atoms with Crippen molar-refractivity contribution in [3.05, 3.63) is 0 Å². The number of hydrogen-bond donors (Lipinski definition) is 1. The van der Waals surface area contributed by atoms with Crippen LogP contribution in [-0.4, -0.2) is 36.0 Å². The highest BCUT2D eigenvalue weighted by molar-refractivity contribution is 5.73. The molecule has 120 valence electrons. The van der Waals surface area contributed by atoms with Crippen molar-refractivity contribution in [3.63, 3.8) is 0 Å². The Morgan fingerprint density at radius 3 is 2.40 bits per heavy atom. The van der Waals surface area contributed by atoms with Crippen molar-refractivity contribution in [1.82, 2.24) is 10.2 Å². The second kappa shape index (κ2) is 9.38. The lowest BCUT2D eigenvalue weighted by Crippen LogP contribution is -2.47. The van der Waals surface area contributed by atoms with Gasteiger partial charge in [0.15, 0.2) is 0 Å². The minimum Gasteiger partial charge on any atom is -0.354 e. The molecule has 1 saturated heterocycles. The van der Waals surface area contributed by atoms with E-state index >= 15 is 0 Å². The van der Waals surface area contributed by atoms with Crippen LogP contribution in [0.3, 0.4) is 0 Å². The van der Waals surface area contributed by atoms with Gasteiger partial charge in [-0.2, -0.15) is 0 Å². The molecule has 0 spiro atoms. The van der Waals surface area contributed by atoms with E-state index in [1.54, 1.807) is 6.92 Å². The van der Waals surface area contributed by atoms with E-state index in [4.69, 9.17) is 0 Å². The molecule has 1 fully saturated rings. The van der Waals surface area contributed by atoms with E-state index in [0.717, 1.165) is 37.9 Å². The van der Waals surface area contributed by atoms with Crippen molar-refractivity contribution in [2.24, 2.45) is 5.92 Å². The zero-order valence-corrected chi connectivity index (χ0v) is 14.0. The number of amides is 1. The van der Waals surface area contributed by atoms with Crippen LogP contribution in [0.15, 0.2) is 0 Å². The molecule has 3 heteroatoms. The summed E-state index contributed by atoms with van der Waals surface area (Å²) in [6.45, 7) is 10.8. The topological polar surface area (TPSA) is 32.3 Å². The van der Waals surface area contributed by atoms with E-state index in [2.05, 4.69) is 31.0 Å². The van der Waals surface area contributed by atoms with Gasteiger partial charge in [0.1, 0.15) is 0 Å². The first-order chi connectivity index (χ1) is 9.52. The van der Waals surface area contributed by atoms with Gasteiger partial charge in [0, 0.05) is 33.5 Å². The van der Waals surface area contributed by atoms with E-state index in [1.807, 2.05) is 0 Å². The zero-order valence-electron chi connectivity index (χ0n) is 14.0. The average molecular weight is 284 g/mol. The van der Waals surface area contributed by atoms with Gasteiger partial charge >= 0.3 is 0 Å². The van der Waals surface area contributed by atoms with Crippen LogP contribution >= 0.6 is 0 Å². The molecule has 1 aliphatic heterocycles. The van der Waals surface area contributed by atoms with E-state index < -0.39 is 0 Å². The normalized spacial score (nSPS) is 19.2. The van der Waals surface area contributed by atoms with Gasteiger partial charge in [-0.15, -0.1) is 0 Å². The summed E-state index contributed by atoms with van der Waals surface area (Å²) in [7, 11) is 0. The molecule has 0 aromatic heterocycles. The average Bonchev–Trinajstić information content (AvgIpc) is 2.37. The number of carbonyl (C=O) groups is 1. The van der Waals surface area contributed by atoms with Crippen LogP contribution in [0.2, 0.25) is 0 Å². The molecule has 0 aromatic rings. The summed E-state index contributed by atoms with van der Waals surface area (Å²) in [6.07, 6.45) is 8.88. The predicted octanol–water partition coefficient (Wildman–Crippen LogP) is 3.83. The molecular formula is C17H36N2O. The van der Waals surface area contributed by atoms with Crippen LogP contribution in [0, 0.1) is 5.92 Å². The molecule has 1 atom stereocenters. The summed E-state index contributed by atoms with van der Waals surface area (Å²) < 4.78 is 0. The van der Waals surface area contributed by atoms with E-state index in [1.165, 1.54) is 32.1 Å². The van der Waals surface area contributed by atoms with Gasteiger partial charge in [-0.05, 0) is 31.6 Å². The maximum Gasteiger partial charge on any atom is 0.217 e. The number of nitrogens with one attached hydrogen (secondary N) is 1. The Kier molecular flexibility index (Phi) is 8.20. The molecule has 1 amide bonds. The van der Waals surface area contributed by atoms with Crippen molar-refractivity contribution >= 4 is 5.91 Å². The van der Waals surface area contributed by atoms with Crippen molar-refractivity contribution in [3.8, 4) is 0 Å². The molecule has 0 aliphatic carbocycles. The number of hydrogen-bond acceptors (Lipinski definition) is 2. The highest BCUT2D eigenvalue weighted by atomic mass is 16.1. The fourth-order valence-electron chi connectivity index (χ4n) is 3.30. The fourth-order valence-corrected chi connectivity index (χ4v) is 3.30. The minimum absolute atomic E-state index is 0. The van der Waals surface area contributed by atoms with Crippen molar-refractivity contribution in [2.45, 2.75) is 84.7 Å². The molecule has 0 bridgehead atoms. The predicted molar refractivity (Wildman–Crippen MR) is 87.9 cm³/mol. The number of rotatable bonds is 8. The monoisotopic (exact) mass is 284 g/mol. The summed E-state index contributed by atoms with van der Waals surface area (Å²) >= 11 is 0. The standard InChI is InChI=1S/C17H34N2O.H2/c1-5-7-17(9-6-8-14(2)3)19-12-10-16(11-13-19)18-15(4)20;/h14,16-17H,5-13H2,1-4H3,(H,18,20);1H. The molecule has 1 rings (SSSR count). The van der Waals surface area contributed by atoms with Gasteiger partial charge < -0.3 is 10.2 Å². The lowest BCUT2D eigenvalue weighted by Gasteiger charge is -2.38. The van der Waals surface area contributed by atoms with E-state index in [0.29, 0.717) is 6.04 Å². The van der Waals surface area contributed by atoms with Gasteiger partial charge in [-0.1, -0.05) is 40.0 Å². The number of likely N-dealkylation sites (tertiary alicyclic amines) is 1. The third kappa shape index (κ3) is 6.74. The van der Waals surface area contributed by atoms with Crippen LogP contribution in [0.5, 0.6) is 0 Å². The molecule has 1 N–H and O–H groups in total. The number of carbonyl (C=O) groups excluding carboxylic acids is 1. The van der Waals surface area contributed by atoms with Crippen molar-refractivity contribution in [1.29, 1.82) is 0 Å². The molecule has 20 heavy (non-hydrogen) atoms. The fraction of sp³-hybridized carbons (Fsp3) is 0.941. The second-order valence-corrected chi connectivity index (χ2v) is 6.78. The Hall–Kier alpha value is -0.570. The smallest absolute Gasteiger partial charge is 0.217 e. The lowest BCUT2D eigenvalue weighted by atomic mass is 9.96.